The normalized spacial score (nSPS) is 18.0. The topological polar surface area (TPSA) is 20.2 Å². The van der Waals surface area contributed by atoms with Gasteiger partial charge in [0, 0.05) is 18.4 Å². The molecule has 80 valence electrons. The summed E-state index contributed by atoms with van der Waals surface area (Å²) in [5, 5.41) is 9.96. The molecule has 0 heterocycles. The average molecular weight is 210 g/mol. The lowest BCUT2D eigenvalue weighted by Gasteiger charge is -2.07. The number of benzene rings is 1. The SMILES string of the molecule is Oc1cccc2c1C1=C(CCC#CCC2)C1. The Hall–Kier alpha value is -1.68. The van der Waals surface area contributed by atoms with E-state index in [2.05, 4.69) is 17.9 Å². The molecule has 0 aliphatic heterocycles. The molecule has 1 aromatic carbocycles. The first-order valence-corrected chi connectivity index (χ1v) is 5.84. The zero-order valence-corrected chi connectivity index (χ0v) is 9.21. The van der Waals surface area contributed by atoms with Crippen LogP contribution in [-0.4, -0.2) is 5.11 Å². The Labute approximate surface area is 95.8 Å². The third-order valence-corrected chi connectivity index (χ3v) is 3.32. The molecule has 2 aliphatic carbocycles. The van der Waals surface area contributed by atoms with Crippen molar-refractivity contribution in [1.29, 1.82) is 0 Å². The summed E-state index contributed by atoms with van der Waals surface area (Å²) in [6, 6.07) is 5.83. The van der Waals surface area contributed by atoms with Gasteiger partial charge in [0.2, 0.25) is 0 Å². The summed E-state index contributed by atoms with van der Waals surface area (Å²) >= 11 is 0. The minimum Gasteiger partial charge on any atom is -0.507 e. The van der Waals surface area contributed by atoms with E-state index in [4.69, 9.17) is 0 Å². The van der Waals surface area contributed by atoms with E-state index >= 15 is 0 Å². The van der Waals surface area contributed by atoms with Crippen molar-refractivity contribution in [1.82, 2.24) is 0 Å². The lowest BCUT2D eigenvalue weighted by Crippen LogP contribution is -1.91. The number of allylic oxidation sites excluding steroid dienone is 2. The van der Waals surface area contributed by atoms with Gasteiger partial charge in [0.15, 0.2) is 0 Å². The Balaban J connectivity index is 2.09. The molecule has 0 aromatic heterocycles. The van der Waals surface area contributed by atoms with Crippen LogP contribution in [0.15, 0.2) is 23.8 Å². The first-order valence-electron chi connectivity index (χ1n) is 5.84. The quantitative estimate of drug-likeness (QED) is 0.651. The van der Waals surface area contributed by atoms with Crippen LogP contribution < -0.4 is 0 Å². The second kappa shape index (κ2) is 3.72. The van der Waals surface area contributed by atoms with Crippen LogP contribution in [0, 0.1) is 11.8 Å². The van der Waals surface area contributed by atoms with Crippen molar-refractivity contribution < 1.29 is 5.11 Å². The van der Waals surface area contributed by atoms with Crippen LogP contribution >= 0.6 is 0 Å². The number of aromatic hydroxyl groups is 1. The molecule has 0 spiro atoms. The van der Waals surface area contributed by atoms with E-state index in [0.29, 0.717) is 5.75 Å². The van der Waals surface area contributed by atoms with E-state index in [1.165, 1.54) is 16.7 Å². The van der Waals surface area contributed by atoms with Crippen molar-refractivity contribution in [3.63, 3.8) is 0 Å². The molecule has 0 amide bonds. The van der Waals surface area contributed by atoms with Gasteiger partial charge in [0.25, 0.3) is 0 Å². The molecular formula is C15H14O. The van der Waals surface area contributed by atoms with Crippen molar-refractivity contribution >= 4 is 5.57 Å². The van der Waals surface area contributed by atoms with Crippen LogP contribution in [0.5, 0.6) is 5.75 Å². The second-order valence-corrected chi connectivity index (χ2v) is 4.42. The van der Waals surface area contributed by atoms with E-state index in [-0.39, 0.29) is 0 Å². The molecule has 0 saturated heterocycles. The third kappa shape index (κ3) is 1.61. The van der Waals surface area contributed by atoms with Crippen LogP contribution in [0.4, 0.5) is 0 Å². The fourth-order valence-electron chi connectivity index (χ4n) is 2.40. The van der Waals surface area contributed by atoms with Gasteiger partial charge in [0.05, 0.1) is 0 Å². The van der Waals surface area contributed by atoms with Crippen LogP contribution in [0.3, 0.4) is 0 Å². The molecule has 1 heteroatoms. The molecule has 1 aromatic rings. The molecule has 0 bridgehead atoms. The first kappa shape index (κ1) is 9.54. The summed E-state index contributed by atoms with van der Waals surface area (Å²) in [4.78, 5) is 0. The Morgan fingerprint density at radius 3 is 2.75 bits per heavy atom. The van der Waals surface area contributed by atoms with Gasteiger partial charge >= 0.3 is 0 Å². The van der Waals surface area contributed by atoms with Gasteiger partial charge in [-0.2, -0.15) is 0 Å². The molecule has 0 saturated carbocycles. The van der Waals surface area contributed by atoms with E-state index in [1.54, 1.807) is 6.07 Å². The second-order valence-electron chi connectivity index (χ2n) is 4.42. The Morgan fingerprint density at radius 1 is 1.06 bits per heavy atom. The maximum absolute atomic E-state index is 9.96. The number of hydrogen-bond donors (Lipinski definition) is 1. The smallest absolute Gasteiger partial charge is 0.123 e. The van der Waals surface area contributed by atoms with Gasteiger partial charge < -0.3 is 5.11 Å². The van der Waals surface area contributed by atoms with E-state index in [0.717, 1.165) is 37.7 Å². The Bertz CT molecular complexity index is 526. The highest BCUT2D eigenvalue weighted by atomic mass is 16.3. The van der Waals surface area contributed by atoms with E-state index in [1.807, 2.05) is 6.07 Å². The van der Waals surface area contributed by atoms with Gasteiger partial charge in [-0.3, -0.25) is 0 Å². The fraction of sp³-hybridized carbons (Fsp3) is 0.333. The van der Waals surface area contributed by atoms with Crippen molar-refractivity contribution in [3.8, 4) is 17.6 Å². The number of phenols is 1. The maximum Gasteiger partial charge on any atom is 0.123 e. The predicted molar refractivity (Wildman–Crippen MR) is 65.0 cm³/mol. The molecule has 0 radical (unpaired) electrons. The predicted octanol–water partition coefficient (Wildman–Crippen LogP) is 3.28. The largest absolute Gasteiger partial charge is 0.507 e. The molecular weight excluding hydrogens is 196 g/mol. The summed E-state index contributed by atoms with van der Waals surface area (Å²) in [5.41, 5.74) is 5.21. The monoisotopic (exact) mass is 210 g/mol. The molecule has 0 unspecified atom stereocenters. The van der Waals surface area contributed by atoms with Gasteiger partial charge in [-0.25, -0.2) is 0 Å². The number of hydrogen-bond acceptors (Lipinski definition) is 1. The van der Waals surface area contributed by atoms with Gasteiger partial charge in [-0.05, 0) is 36.5 Å². The molecule has 2 aliphatic rings. The van der Waals surface area contributed by atoms with Crippen LogP contribution in [-0.2, 0) is 6.42 Å². The van der Waals surface area contributed by atoms with Crippen molar-refractivity contribution in [3.05, 3.63) is 34.9 Å². The molecule has 1 N–H and O–H groups in total. The van der Waals surface area contributed by atoms with Crippen LogP contribution in [0.25, 0.3) is 5.57 Å². The molecule has 1 nitrogen and oxygen atoms in total. The van der Waals surface area contributed by atoms with Crippen molar-refractivity contribution in [2.75, 3.05) is 0 Å². The number of fused-ring (bicyclic) bond motifs is 2. The number of aryl methyl sites for hydroxylation is 1. The zero-order chi connectivity index (χ0) is 11.0. The molecule has 0 fully saturated rings. The summed E-state index contributed by atoms with van der Waals surface area (Å²) in [5.74, 6) is 6.85. The number of phenolic OH excluding ortho intramolecular Hbond substituents is 1. The van der Waals surface area contributed by atoms with Gasteiger partial charge in [0.1, 0.15) is 5.75 Å². The lowest BCUT2D eigenvalue weighted by atomic mass is 9.99. The van der Waals surface area contributed by atoms with Crippen molar-refractivity contribution in [2.45, 2.75) is 32.1 Å². The fourth-order valence-corrected chi connectivity index (χ4v) is 2.40. The third-order valence-electron chi connectivity index (χ3n) is 3.32. The van der Waals surface area contributed by atoms with Gasteiger partial charge in [-0.1, -0.05) is 17.7 Å². The highest BCUT2D eigenvalue weighted by Crippen LogP contribution is 2.47. The maximum atomic E-state index is 9.96. The summed E-state index contributed by atoms with van der Waals surface area (Å²) in [7, 11) is 0. The lowest BCUT2D eigenvalue weighted by molar-refractivity contribution is 0.473. The zero-order valence-electron chi connectivity index (χ0n) is 9.21. The van der Waals surface area contributed by atoms with Crippen LogP contribution in [0.2, 0.25) is 0 Å². The summed E-state index contributed by atoms with van der Waals surface area (Å²) in [6.07, 6.45) is 4.98. The minimum absolute atomic E-state index is 0.441. The highest BCUT2D eigenvalue weighted by Gasteiger charge is 2.26. The van der Waals surface area contributed by atoms with E-state index in [9.17, 15) is 5.11 Å². The summed E-state index contributed by atoms with van der Waals surface area (Å²) in [6.45, 7) is 0. The first-order chi connectivity index (χ1) is 7.86. The summed E-state index contributed by atoms with van der Waals surface area (Å²) < 4.78 is 0. The molecule has 16 heavy (non-hydrogen) atoms. The Morgan fingerprint density at radius 2 is 1.88 bits per heavy atom. The highest BCUT2D eigenvalue weighted by molar-refractivity contribution is 5.86. The molecule has 3 rings (SSSR count). The van der Waals surface area contributed by atoms with Crippen molar-refractivity contribution in [2.24, 2.45) is 0 Å². The average Bonchev–Trinajstić information content (AvgIpc) is 3.03. The Kier molecular flexibility index (Phi) is 2.22. The molecule has 0 atom stereocenters. The van der Waals surface area contributed by atoms with E-state index < -0.39 is 0 Å². The number of rotatable bonds is 0. The van der Waals surface area contributed by atoms with Gasteiger partial charge in [-0.15, -0.1) is 11.8 Å². The standard InChI is InChI=1S/C15H14O/c16-14-9-5-8-11-6-3-1-2-4-7-12-10-13(12)15(11)14/h5,8-9,16H,3-4,6-7,10H2. The minimum atomic E-state index is 0.441. The van der Waals surface area contributed by atoms with Crippen LogP contribution in [0.1, 0.15) is 36.8 Å².